The molecule has 1 aromatic heterocycles. The Morgan fingerprint density at radius 3 is 2.90 bits per heavy atom. The summed E-state index contributed by atoms with van der Waals surface area (Å²) in [4.78, 5) is 0. The summed E-state index contributed by atoms with van der Waals surface area (Å²) in [6.07, 6.45) is 4.58. The summed E-state index contributed by atoms with van der Waals surface area (Å²) in [5.41, 5.74) is 3.61. The predicted octanol–water partition coefficient (Wildman–Crippen LogP) is 3.26. The monoisotopic (exact) mass is 349 g/mol. The van der Waals surface area contributed by atoms with E-state index in [1.807, 2.05) is 23.0 Å². The lowest BCUT2D eigenvalue weighted by Gasteiger charge is -2.11. The van der Waals surface area contributed by atoms with Crippen molar-refractivity contribution in [1.29, 1.82) is 0 Å². The molecular formula is C16H20BrN3O. The van der Waals surface area contributed by atoms with E-state index in [2.05, 4.69) is 39.3 Å². The standard InChI is InChI=1S/C16H20BrN3O/c1-11-13(8-18-15-4-5-15)9-19-20(11)10-12-7-14(17)3-6-16(12)21-2/h3,6-7,9,15,18H,4-5,8,10H2,1-2H3. The number of rotatable bonds is 6. The average Bonchev–Trinajstić information content (AvgIpc) is 3.24. The van der Waals surface area contributed by atoms with Crippen LogP contribution in [0.3, 0.4) is 0 Å². The second-order valence-corrected chi connectivity index (χ2v) is 6.44. The topological polar surface area (TPSA) is 39.1 Å². The van der Waals surface area contributed by atoms with Crippen LogP contribution in [-0.2, 0) is 13.1 Å². The van der Waals surface area contributed by atoms with Gasteiger partial charge in [-0.1, -0.05) is 15.9 Å². The first-order chi connectivity index (χ1) is 10.2. The summed E-state index contributed by atoms with van der Waals surface area (Å²) in [5.74, 6) is 0.894. The average molecular weight is 350 g/mol. The fourth-order valence-corrected chi connectivity index (χ4v) is 2.80. The third-order valence-electron chi connectivity index (χ3n) is 3.93. The highest BCUT2D eigenvalue weighted by Gasteiger charge is 2.20. The van der Waals surface area contributed by atoms with E-state index in [1.165, 1.54) is 24.1 Å². The molecule has 0 unspecified atom stereocenters. The summed E-state index contributed by atoms with van der Waals surface area (Å²) < 4.78 is 8.52. The lowest BCUT2D eigenvalue weighted by molar-refractivity contribution is 0.407. The zero-order chi connectivity index (χ0) is 14.8. The van der Waals surface area contributed by atoms with E-state index in [1.54, 1.807) is 7.11 Å². The molecule has 1 fully saturated rings. The van der Waals surface area contributed by atoms with Gasteiger partial charge < -0.3 is 10.1 Å². The summed E-state index contributed by atoms with van der Waals surface area (Å²) >= 11 is 3.52. The number of methoxy groups -OCH3 is 1. The molecule has 112 valence electrons. The molecule has 0 atom stereocenters. The molecule has 1 heterocycles. The summed E-state index contributed by atoms with van der Waals surface area (Å²) in [6.45, 7) is 3.76. The van der Waals surface area contributed by atoms with E-state index in [0.29, 0.717) is 0 Å². The highest BCUT2D eigenvalue weighted by atomic mass is 79.9. The van der Waals surface area contributed by atoms with Gasteiger partial charge in [0.1, 0.15) is 5.75 Å². The maximum absolute atomic E-state index is 5.43. The molecular weight excluding hydrogens is 330 g/mol. The van der Waals surface area contributed by atoms with Gasteiger partial charge in [0.25, 0.3) is 0 Å². The van der Waals surface area contributed by atoms with Crippen molar-refractivity contribution in [3.8, 4) is 5.75 Å². The Kier molecular flexibility index (Phi) is 4.31. The first kappa shape index (κ1) is 14.6. The van der Waals surface area contributed by atoms with Crippen LogP contribution in [0, 0.1) is 6.92 Å². The Balaban J connectivity index is 1.76. The molecule has 0 amide bonds. The Bertz CT molecular complexity index is 634. The summed E-state index contributed by atoms with van der Waals surface area (Å²) in [5, 5.41) is 8.06. The van der Waals surface area contributed by atoms with Crippen molar-refractivity contribution in [2.75, 3.05) is 7.11 Å². The van der Waals surface area contributed by atoms with Crippen LogP contribution in [0.15, 0.2) is 28.9 Å². The lowest BCUT2D eigenvalue weighted by atomic mass is 10.2. The van der Waals surface area contributed by atoms with Crippen LogP contribution in [-0.4, -0.2) is 22.9 Å². The van der Waals surface area contributed by atoms with Gasteiger partial charge in [-0.15, -0.1) is 0 Å². The van der Waals surface area contributed by atoms with E-state index in [0.717, 1.165) is 34.9 Å². The quantitative estimate of drug-likeness (QED) is 0.869. The molecule has 0 bridgehead atoms. The zero-order valence-electron chi connectivity index (χ0n) is 12.4. The number of hydrogen-bond donors (Lipinski definition) is 1. The number of benzene rings is 1. The molecule has 5 heteroatoms. The van der Waals surface area contributed by atoms with Crippen LogP contribution >= 0.6 is 15.9 Å². The number of nitrogens with zero attached hydrogens (tertiary/aromatic N) is 2. The van der Waals surface area contributed by atoms with Gasteiger partial charge in [-0.3, -0.25) is 4.68 Å². The van der Waals surface area contributed by atoms with Gasteiger partial charge in [-0.2, -0.15) is 5.10 Å². The molecule has 1 N–H and O–H groups in total. The lowest BCUT2D eigenvalue weighted by Crippen LogP contribution is -2.16. The first-order valence-corrected chi connectivity index (χ1v) is 8.03. The van der Waals surface area contributed by atoms with Crippen molar-refractivity contribution in [3.63, 3.8) is 0 Å². The van der Waals surface area contributed by atoms with E-state index in [9.17, 15) is 0 Å². The molecule has 0 spiro atoms. The van der Waals surface area contributed by atoms with Gasteiger partial charge in [0.15, 0.2) is 0 Å². The Hall–Kier alpha value is -1.33. The maximum Gasteiger partial charge on any atom is 0.124 e. The highest BCUT2D eigenvalue weighted by Crippen LogP contribution is 2.25. The molecule has 2 aromatic rings. The fourth-order valence-electron chi connectivity index (χ4n) is 2.39. The number of halogens is 1. The second kappa shape index (κ2) is 6.20. The molecule has 1 aromatic carbocycles. The van der Waals surface area contributed by atoms with Crippen molar-refractivity contribution in [2.45, 2.75) is 38.9 Å². The maximum atomic E-state index is 5.43. The number of hydrogen-bond acceptors (Lipinski definition) is 3. The third kappa shape index (κ3) is 3.47. The largest absolute Gasteiger partial charge is 0.496 e. The highest BCUT2D eigenvalue weighted by molar-refractivity contribution is 9.10. The van der Waals surface area contributed by atoms with Crippen LogP contribution in [0.4, 0.5) is 0 Å². The van der Waals surface area contributed by atoms with Crippen molar-refractivity contribution in [2.24, 2.45) is 0 Å². The molecule has 0 saturated heterocycles. The van der Waals surface area contributed by atoms with Crippen LogP contribution in [0.2, 0.25) is 0 Å². The van der Waals surface area contributed by atoms with Crippen molar-refractivity contribution < 1.29 is 4.74 Å². The van der Waals surface area contributed by atoms with Crippen molar-refractivity contribution >= 4 is 15.9 Å². The summed E-state index contributed by atoms with van der Waals surface area (Å²) in [7, 11) is 1.70. The van der Waals surface area contributed by atoms with E-state index in [-0.39, 0.29) is 0 Å². The van der Waals surface area contributed by atoms with Gasteiger partial charge >= 0.3 is 0 Å². The second-order valence-electron chi connectivity index (χ2n) is 5.52. The number of aromatic nitrogens is 2. The first-order valence-electron chi connectivity index (χ1n) is 7.24. The predicted molar refractivity (Wildman–Crippen MR) is 86.6 cm³/mol. The molecule has 1 aliphatic rings. The number of ether oxygens (including phenoxy) is 1. The van der Waals surface area contributed by atoms with E-state index in [4.69, 9.17) is 4.74 Å². The van der Waals surface area contributed by atoms with Gasteiger partial charge in [0, 0.05) is 33.9 Å². The third-order valence-corrected chi connectivity index (χ3v) is 4.42. The minimum Gasteiger partial charge on any atom is -0.496 e. The van der Waals surface area contributed by atoms with E-state index < -0.39 is 0 Å². The smallest absolute Gasteiger partial charge is 0.124 e. The van der Waals surface area contributed by atoms with Crippen LogP contribution in [0.1, 0.15) is 29.7 Å². The molecule has 21 heavy (non-hydrogen) atoms. The van der Waals surface area contributed by atoms with Crippen LogP contribution in [0.5, 0.6) is 5.75 Å². The van der Waals surface area contributed by atoms with E-state index >= 15 is 0 Å². The minimum atomic E-state index is 0.720. The van der Waals surface area contributed by atoms with Gasteiger partial charge in [0.05, 0.1) is 19.9 Å². The van der Waals surface area contributed by atoms with Crippen molar-refractivity contribution in [3.05, 3.63) is 45.7 Å². The molecule has 1 aliphatic carbocycles. The molecule has 4 nitrogen and oxygen atoms in total. The Morgan fingerprint density at radius 1 is 1.38 bits per heavy atom. The Labute approximate surface area is 133 Å². The van der Waals surface area contributed by atoms with Crippen LogP contribution < -0.4 is 10.1 Å². The zero-order valence-corrected chi connectivity index (χ0v) is 14.0. The Morgan fingerprint density at radius 2 is 2.19 bits per heavy atom. The van der Waals surface area contributed by atoms with Crippen molar-refractivity contribution in [1.82, 2.24) is 15.1 Å². The number of nitrogens with one attached hydrogen (secondary N) is 1. The normalized spacial score (nSPS) is 14.4. The molecule has 0 radical (unpaired) electrons. The van der Waals surface area contributed by atoms with Gasteiger partial charge in [-0.05, 0) is 38.0 Å². The molecule has 3 rings (SSSR count). The van der Waals surface area contributed by atoms with Crippen LogP contribution in [0.25, 0.3) is 0 Å². The van der Waals surface area contributed by atoms with Gasteiger partial charge in [0.2, 0.25) is 0 Å². The summed E-state index contributed by atoms with van der Waals surface area (Å²) in [6, 6.07) is 6.78. The SMILES string of the molecule is COc1ccc(Br)cc1Cn1ncc(CNC2CC2)c1C. The molecule has 0 aliphatic heterocycles. The fraction of sp³-hybridized carbons (Fsp3) is 0.438. The van der Waals surface area contributed by atoms with Gasteiger partial charge in [-0.25, -0.2) is 0 Å². The minimum absolute atomic E-state index is 0.720. The molecule has 1 saturated carbocycles.